The number of nitrogens with one attached hydrogen (secondary N) is 1. The van der Waals surface area contributed by atoms with Crippen LogP contribution in [-0.4, -0.2) is 75.1 Å². The van der Waals surface area contributed by atoms with Crippen molar-refractivity contribution in [1.82, 2.24) is 15.1 Å². The van der Waals surface area contributed by atoms with E-state index in [0.29, 0.717) is 50.3 Å². The summed E-state index contributed by atoms with van der Waals surface area (Å²) in [6, 6.07) is 13.4. The number of ether oxygens (including phenoxy) is 1. The zero-order valence-corrected chi connectivity index (χ0v) is 23.6. The zero-order valence-electron chi connectivity index (χ0n) is 22.8. The second-order valence-electron chi connectivity index (χ2n) is 11.3. The van der Waals surface area contributed by atoms with Crippen LogP contribution in [-0.2, 0) is 16.1 Å². The van der Waals surface area contributed by atoms with Crippen molar-refractivity contribution in [1.29, 1.82) is 0 Å². The number of likely N-dealkylation sites (N-methyl/N-ethyl adjacent to an activating group) is 1. The van der Waals surface area contributed by atoms with Crippen molar-refractivity contribution in [2.24, 2.45) is 0 Å². The second kappa shape index (κ2) is 12.2. The highest BCUT2D eigenvalue weighted by Crippen LogP contribution is 2.36. The van der Waals surface area contributed by atoms with Crippen molar-refractivity contribution in [3.05, 3.63) is 59.7 Å². The molecule has 2 amide bonds. The molecule has 1 spiro atoms. The molecule has 0 unspecified atom stereocenters. The van der Waals surface area contributed by atoms with E-state index in [1.807, 2.05) is 24.3 Å². The first kappa shape index (κ1) is 29.8. The number of amides is 2. The monoisotopic (exact) mass is 571 g/mol. The van der Waals surface area contributed by atoms with Gasteiger partial charge in [-0.2, -0.15) is 0 Å². The number of carboxylic acid groups (broad SMARTS) is 1. The van der Waals surface area contributed by atoms with E-state index in [-0.39, 0.29) is 36.2 Å². The fourth-order valence-electron chi connectivity index (χ4n) is 6.25. The molecule has 1 saturated carbocycles. The molecular weight excluding hydrogens is 534 g/mol. The summed E-state index contributed by atoms with van der Waals surface area (Å²) in [6.07, 6.45) is 5.80. The van der Waals surface area contributed by atoms with Crippen LogP contribution in [0.3, 0.4) is 0 Å². The molecule has 3 N–H and O–H groups in total. The lowest BCUT2D eigenvalue weighted by Gasteiger charge is -2.51. The summed E-state index contributed by atoms with van der Waals surface area (Å²) in [5.41, 5.74) is -0.392. The van der Waals surface area contributed by atoms with Gasteiger partial charge >= 0.3 is 5.97 Å². The Hall–Kier alpha value is -3.14. The van der Waals surface area contributed by atoms with Gasteiger partial charge in [0.05, 0.1) is 11.2 Å². The van der Waals surface area contributed by atoms with Gasteiger partial charge in [0, 0.05) is 33.1 Å². The number of halogens is 1. The van der Waals surface area contributed by atoms with E-state index in [4.69, 9.17) is 9.84 Å². The van der Waals surface area contributed by atoms with Crippen LogP contribution in [0, 0.1) is 0 Å². The molecule has 1 atom stereocenters. The largest absolute Gasteiger partial charge is 0.478 e. The number of nitrogens with zero attached hydrogens (tertiary/aromatic N) is 2. The van der Waals surface area contributed by atoms with Gasteiger partial charge in [0.25, 0.3) is 0 Å². The first-order valence-corrected chi connectivity index (χ1v) is 13.8. The molecule has 216 valence electrons. The zero-order chi connectivity index (χ0) is 27.6. The minimum Gasteiger partial charge on any atom is -0.478 e. The first-order chi connectivity index (χ1) is 18.7. The van der Waals surface area contributed by atoms with Crippen LogP contribution < -0.4 is 10.1 Å². The third-order valence-electron chi connectivity index (χ3n) is 8.72. The molecule has 0 aromatic heterocycles. The Kier molecular flexibility index (Phi) is 9.07. The van der Waals surface area contributed by atoms with Gasteiger partial charge in [0.15, 0.2) is 0 Å². The molecule has 2 aliphatic heterocycles. The SMILES string of the molecule is CN1C(=O)[C@@H](CC2(O)CCCCC2)NC(=O)C12CCN(Cc1ccc(Oc3ccc(C(=O)O)cc3)cc1)CC2.Cl. The van der Waals surface area contributed by atoms with Crippen LogP contribution in [0.1, 0.15) is 67.3 Å². The molecular formula is C30H38ClN3O6. The number of rotatable bonds is 7. The summed E-state index contributed by atoms with van der Waals surface area (Å²) in [5.74, 6) is 0.0386. The van der Waals surface area contributed by atoms with Gasteiger partial charge in [0.1, 0.15) is 23.1 Å². The molecule has 0 bridgehead atoms. The van der Waals surface area contributed by atoms with Crippen molar-refractivity contribution in [3.63, 3.8) is 0 Å². The van der Waals surface area contributed by atoms with Gasteiger partial charge in [-0.1, -0.05) is 31.4 Å². The molecule has 10 heteroatoms. The Morgan fingerprint density at radius 1 is 0.950 bits per heavy atom. The summed E-state index contributed by atoms with van der Waals surface area (Å²) in [7, 11) is 1.74. The van der Waals surface area contributed by atoms with Gasteiger partial charge in [-0.25, -0.2) is 4.79 Å². The summed E-state index contributed by atoms with van der Waals surface area (Å²) in [5, 5.41) is 23.0. The number of carbonyl (C=O) groups is 3. The average Bonchev–Trinajstić information content (AvgIpc) is 2.93. The van der Waals surface area contributed by atoms with E-state index >= 15 is 0 Å². The highest BCUT2D eigenvalue weighted by atomic mass is 35.5. The van der Waals surface area contributed by atoms with Crippen molar-refractivity contribution < 1.29 is 29.3 Å². The Labute approximate surface area is 240 Å². The van der Waals surface area contributed by atoms with E-state index in [0.717, 1.165) is 31.4 Å². The summed E-state index contributed by atoms with van der Waals surface area (Å²) in [6.45, 7) is 2.10. The second-order valence-corrected chi connectivity index (χ2v) is 11.3. The van der Waals surface area contributed by atoms with E-state index in [2.05, 4.69) is 10.2 Å². The molecule has 5 rings (SSSR count). The first-order valence-electron chi connectivity index (χ1n) is 13.8. The third-order valence-corrected chi connectivity index (χ3v) is 8.72. The molecule has 1 aliphatic carbocycles. The Bertz CT molecular complexity index is 1200. The number of carboxylic acids is 1. The van der Waals surface area contributed by atoms with Crippen molar-refractivity contribution in [2.75, 3.05) is 20.1 Å². The summed E-state index contributed by atoms with van der Waals surface area (Å²) < 4.78 is 5.83. The number of aromatic carboxylic acids is 1. The van der Waals surface area contributed by atoms with Crippen LogP contribution >= 0.6 is 12.4 Å². The Balaban J connectivity index is 0.00000370. The van der Waals surface area contributed by atoms with Crippen molar-refractivity contribution in [2.45, 2.75) is 75.1 Å². The molecule has 3 aliphatic rings. The maximum absolute atomic E-state index is 13.3. The highest BCUT2D eigenvalue weighted by molar-refractivity contribution is 5.99. The molecule has 40 heavy (non-hydrogen) atoms. The predicted molar refractivity (Wildman–Crippen MR) is 152 cm³/mol. The van der Waals surface area contributed by atoms with Gasteiger partial charge in [-0.05, 0) is 67.6 Å². The molecule has 3 fully saturated rings. The average molecular weight is 572 g/mol. The molecule has 0 radical (unpaired) electrons. The van der Waals surface area contributed by atoms with E-state index < -0.39 is 23.2 Å². The number of aliphatic hydroxyl groups is 1. The molecule has 2 heterocycles. The fourth-order valence-corrected chi connectivity index (χ4v) is 6.25. The van der Waals surface area contributed by atoms with Crippen molar-refractivity contribution >= 4 is 30.2 Å². The third kappa shape index (κ3) is 6.27. The van der Waals surface area contributed by atoms with Gasteiger partial charge in [-0.15, -0.1) is 12.4 Å². The minimum atomic E-state index is -0.977. The molecule has 2 aromatic rings. The maximum Gasteiger partial charge on any atom is 0.335 e. The highest BCUT2D eigenvalue weighted by Gasteiger charge is 2.53. The molecule has 9 nitrogen and oxygen atoms in total. The number of hydrogen-bond acceptors (Lipinski definition) is 6. The number of hydrogen-bond donors (Lipinski definition) is 3. The number of likely N-dealkylation sites (tertiary alicyclic amines) is 1. The Morgan fingerprint density at radius 2 is 1.52 bits per heavy atom. The summed E-state index contributed by atoms with van der Waals surface area (Å²) >= 11 is 0. The lowest BCUT2D eigenvalue weighted by atomic mass is 9.77. The minimum absolute atomic E-state index is 0. The van der Waals surface area contributed by atoms with Crippen molar-refractivity contribution in [3.8, 4) is 11.5 Å². The number of carbonyl (C=O) groups excluding carboxylic acids is 2. The molecule has 2 saturated heterocycles. The van der Waals surface area contributed by atoms with Crippen LogP contribution in [0.15, 0.2) is 48.5 Å². The fraction of sp³-hybridized carbons (Fsp3) is 0.500. The topological polar surface area (TPSA) is 119 Å². The normalized spacial score (nSPS) is 22.4. The van der Waals surface area contributed by atoms with E-state index in [1.54, 1.807) is 24.1 Å². The van der Waals surface area contributed by atoms with E-state index in [1.165, 1.54) is 12.1 Å². The van der Waals surface area contributed by atoms with Gasteiger partial charge in [0.2, 0.25) is 11.8 Å². The number of benzene rings is 2. The lowest BCUT2D eigenvalue weighted by molar-refractivity contribution is -0.161. The molecule has 2 aromatic carbocycles. The Morgan fingerprint density at radius 3 is 2.10 bits per heavy atom. The van der Waals surface area contributed by atoms with Crippen LogP contribution in [0.2, 0.25) is 0 Å². The van der Waals surface area contributed by atoms with Gasteiger partial charge < -0.3 is 25.2 Å². The van der Waals surface area contributed by atoms with Gasteiger partial charge in [-0.3, -0.25) is 14.5 Å². The van der Waals surface area contributed by atoms with Crippen LogP contribution in [0.4, 0.5) is 0 Å². The lowest BCUT2D eigenvalue weighted by Crippen LogP contribution is -2.72. The standard InChI is InChI=1S/C30H37N3O6.ClH/c1-32-26(34)25(19-29(38)13-3-2-4-14-29)31-28(37)30(32)15-17-33(18-16-30)20-21-5-9-23(10-6-21)39-24-11-7-22(8-12-24)27(35)36;/h5-12,25,38H,2-4,13-20H2,1H3,(H,31,37)(H,35,36);1H/t25-;/m1./s1. The van der Waals surface area contributed by atoms with Crippen LogP contribution in [0.25, 0.3) is 0 Å². The smallest absolute Gasteiger partial charge is 0.335 e. The quantitative estimate of drug-likeness (QED) is 0.460. The number of piperazine rings is 1. The maximum atomic E-state index is 13.3. The number of piperidine rings is 1. The summed E-state index contributed by atoms with van der Waals surface area (Å²) in [4.78, 5) is 41.6. The predicted octanol–water partition coefficient (Wildman–Crippen LogP) is 3.98. The van der Waals surface area contributed by atoms with Crippen LogP contribution in [0.5, 0.6) is 11.5 Å². The van der Waals surface area contributed by atoms with E-state index in [9.17, 15) is 19.5 Å².